The zero-order chi connectivity index (χ0) is 68.0. The lowest BCUT2D eigenvalue weighted by Gasteiger charge is -2.28. The van der Waals surface area contributed by atoms with E-state index in [2.05, 4.69) is 19.7 Å². The summed E-state index contributed by atoms with van der Waals surface area (Å²) < 4.78 is 98.7. The van der Waals surface area contributed by atoms with Gasteiger partial charge in [-0.15, -0.1) is 0 Å². The van der Waals surface area contributed by atoms with Crippen molar-refractivity contribution in [3.8, 4) is 0 Å². The number of hydrogen-bond acceptors (Lipinski definition) is 24. The van der Waals surface area contributed by atoms with E-state index in [9.17, 15) is 28.8 Å². The largest absolute Gasteiger partial charge is 0.501 e. The van der Waals surface area contributed by atoms with Crippen LogP contribution in [-0.4, -0.2) is 201 Å². The molecule has 0 atom stereocenters. The highest BCUT2D eigenvalue weighted by Gasteiger charge is 2.41. The van der Waals surface area contributed by atoms with Crippen LogP contribution in [0.3, 0.4) is 0 Å². The molecule has 0 N–H and O–H groups in total. The van der Waals surface area contributed by atoms with Gasteiger partial charge in [-0.05, 0) is 134 Å². The molecule has 0 saturated carbocycles. The van der Waals surface area contributed by atoms with Crippen molar-refractivity contribution < 1.29 is 111 Å². The van der Waals surface area contributed by atoms with Gasteiger partial charge in [0.15, 0.2) is 0 Å². The van der Waals surface area contributed by atoms with E-state index < -0.39 is 44.3 Å². The molecule has 0 aliphatic rings. The maximum atomic E-state index is 11.8. The van der Waals surface area contributed by atoms with Crippen molar-refractivity contribution in [2.45, 2.75) is 198 Å². The van der Waals surface area contributed by atoms with Gasteiger partial charge in [-0.25, -0.2) is 14.4 Å². The Hall–Kier alpha value is -3.79. The summed E-state index contributed by atoms with van der Waals surface area (Å²) in [5, 5.41) is 0. The molecule has 0 amide bonds. The van der Waals surface area contributed by atoms with Gasteiger partial charge in [0.25, 0.3) is 0 Å². The fraction of sp³-hybridized carbons (Fsp3) is 0.810. The quantitative estimate of drug-likeness (QED) is 0.0180. The molecule has 528 valence electrons. The van der Waals surface area contributed by atoms with E-state index in [1.54, 1.807) is 20.8 Å². The van der Waals surface area contributed by atoms with Crippen molar-refractivity contribution in [2.24, 2.45) is 0 Å². The predicted molar refractivity (Wildman–Crippen MR) is 348 cm³/mol. The molecule has 90 heavy (non-hydrogen) atoms. The smallest absolute Gasteiger partial charge is 0.466 e. The number of hydrogen-bond donors (Lipinski definition) is 0. The molecule has 0 bridgehead atoms. The molecule has 0 aromatic carbocycles. The molecule has 0 aromatic rings. The zero-order valence-corrected chi connectivity index (χ0v) is 60.5. The number of esters is 6. The lowest BCUT2D eigenvalue weighted by molar-refractivity contribution is -0.145. The first-order valence-corrected chi connectivity index (χ1v) is 38.4. The lowest BCUT2D eigenvalue weighted by Crippen LogP contribution is -2.46. The normalized spacial score (nSPS) is 11.3. The standard InChI is InChI=1S/C23H44O8Si.C21H40O8Si.C19H36O8Si/c1-6-29-32(30-7-2,31-8-3)20-13-11-9-10-12-17-27-22(24)15-14-16-26-18-19-28-23(25)21(4)5;1-6-27-30(28-7-2,29-8-3)18-11-9-10-15-25-20(22)13-12-14-24-16-17-26-21(23)19(4)5;1-6-25-28(26-7-2,27-8-3)16-10-13-23-18(20)11-9-12-22-14-15-24-19(21)17(4)5/h4,6-20H2,1-3,5H3;4,6-18H2,1-3,5H3;4,6-16H2,1-3,5H3. The third-order valence-electron chi connectivity index (χ3n) is 11.9. The van der Waals surface area contributed by atoms with E-state index in [0.29, 0.717) is 174 Å². The molecule has 0 unspecified atom stereocenters. The van der Waals surface area contributed by atoms with E-state index in [1.807, 2.05) is 62.3 Å². The average Bonchev–Trinajstić information content (AvgIpc) is 3.57. The summed E-state index contributed by atoms with van der Waals surface area (Å²) in [4.78, 5) is 68.7. The van der Waals surface area contributed by atoms with E-state index in [4.69, 9.17) is 82.5 Å². The molecule has 0 fully saturated rings. The second-order valence-electron chi connectivity index (χ2n) is 19.9. The Morgan fingerprint density at radius 1 is 0.256 bits per heavy atom. The highest BCUT2D eigenvalue weighted by molar-refractivity contribution is 6.61. The van der Waals surface area contributed by atoms with Crippen LogP contribution < -0.4 is 0 Å². The molecular weight excluding hydrogens is 1220 g/mol. The molecule has 0 saturated heterocycles. The lowest BCUT2D eigenvalue weighted by atomic mass is 10.2. The van der Waals surface area contributed by atoms with Gasteiger partial charge in [-0.1, -0.05) is 45.4 Å². The topological polar surface area (TPSA) is 269 Å². The van der Waals surface area contributed by atoms with Gasteiger partial charge in [0.05, 0.1) is 39.6 Å². The Morgan fingerprint density at radius 2 is 0.478 bits per heavy atom. The van der Waals surface area contributed by atoms with Crippen LogP contribution in [0.15, 0.2) is 36.5 Å². The Balaban J connectivity index is -0.00000126. The van der Waals surface area contributed by atoms with Crippen molar-refractivity contribution >= 4 is 62.2 Å². The van der Waals surface area contributed by atoms with Gasteiger partial charge in [-0.2, -0.15) is 0 Å². The number of rotatable bonds is 60. The molecule has 0 rings (SSSR count). The van der Waals surface area contributed by atoms with Crippen LogP contribution in [0.1, 0.15) is 179 Å². The number of carbonyl (C=O) groups excluding carboxylic acids is 6. The minimum absolute atomic E-state index is 0.168. The Labute approximate surface area is 544 Å². The maximum absolute atomic E-state index is 11.8. The van der Waals surface area contributed by atoms with Gasteiger partial charge in [0.1, 0.15) is 19.8 Å². The van der Waals surface area contributed by atoms with Gasteiger partial charge >= 0.3 is 62.2 Å². The molecule has 0 aliphatic carbocycles. The molecule has 27 heteroatoms. The summed E-state index contributed by atoms with van der Waals surface area (Å²) in [7, 11) is -7.78. The first-order valence-electron chi connectivity index (χ1n) is 32.6. The third kappa shape index (κ3) is 53.7. The molecule has 0 heterocycles. The minimum atomic E-state index is -2.68. The van der Waals surface area contributed by atoms with Crippen LogP contribution in [-0.2, 0) is 111 Å². The van der Waals surface area contributed by atoms with Crippen molar-refractivity contribution in [3.05, 3.63) is 36.5 Å². The molecule has 0 spiro atoms. The summed E-state index contributed by atoms with van der Waals surface area (Å²) >= 11 is 0. The minimum Gasteiger partial charge on any atom is -0.466 e. The van der Waals surface area contributed by atoms with Crippen molar-refractivity contribution in [1.29, 1.82) is 0 Å². The molecular formula is C63H120O24Si3. The summed E-state index contributed by atoms with van der Waals surface area (Å²) in [5.41, 5.74) is 1.07. The Bertz CT molecular complexity index is 1810. The first kappa shape index (κ1) is 90.4. The summed E-state index contributed by atoms with van der Waals surface area (Å²) in [5.74, 6) is -1.99. The van der Waals surface area contributed by atoms with Gasteiger partial charge in [0.2, 0.25) is 0 Å². The average molecular weight is 1350 g/mol. The Kier molecular flexibility index (Phi) is 62.9. The van der Waals surface area contributed by atoms with Crippen molar-refractivity contribution in [1.82, 2.24) is 0 Å². The zero-order valence-electron chi connectivity index (χ0n) is 57.5. The maximum Gasteiger partial charge on any atom is 0.501 e. The van der Waals surface area contributed by atoms with E-state index in [-0.39, 0.29) is 50.8 Å². The molecule has 0 radical (unpaired) electrons. The van der Waals surface area contributed by atoms with Gasteiger partial charge in [0, 0.05) is 133 Å². The van der Waals surface area contributed by atoms with E-state index >= 15 is 0 Å². The van der Waals surface area contributed by atoms with Gasteiger partial charge < -0.3 is 82.5 Å². The monoisotopic (exact) mass is 1340 g/mol. The van der Waals surface area contributed by atoms with Crippen LogP contribution >= 0.6 is 0 Å². The second kappa shape index (κ2) is 62.6. The fourth-order valence-electron chi connectivity index (χ4n) is 7.87. The number of carbonyl (C=O) groups is 6. The third-order valence-corrected chi connectivity index (χ3v) is 21.3. The fourth-order valence-corrected chi connectivity index (χ4v) is 15.8. The van der Waals surface area contributed by atoms with Crippen LogP contribution in [0.2, 0.25) is 18.1 Å². The highest BCUT2D eigenvalue weighted by Crippen LogP contribution is 2.22. The van der Waals surface area contributed by atoms with Crippen LogP contribution in [0.5, 0.6) is 0 Å². The van der Waals surface area contributed by atoms with Crippen molar-refractivity contribution in [3.63, 3.8) is 0 Å². The highest BCUT2D eigenvalue weighted by atomic mass is 28.4. The molecule has 0 aliphatic heterocycles. The van der Waals surface area contributed by atoms with Gasteiger partial charge in [-0.3, -0.25) is 14.4 Å². The SMILES string of the molecule is C=C(C)C(=O)OCCOCCCC(=O)OCCCCCCC[Si](OCC)(OCC)OCC.C=C(C)C(=O)OCCOCCCC(=O)OCCCCC[Si](OCC)(OCC)OCC.C=C(C)C(=O)OCCOCCCC(=O)OCCC[Si](OCC)(OCC)OCC. The number of unbranched alkanes of at least 4 members (excludes halogenated alkanes) is 6. The number of ether oxygens (including phenoxy) is 9. The Morgan fingerprint density at radius 3 is 0.733 bits per heavy atom. The summed E-state index contributed by atoms with van der Waals surface area (Å²) in [6.45, 7) is 41.7. The molecule has 0 aromatic heterocycles. The van der Waals surface area contributed by atoms with E-state index in [1.165, 1.54) is 0 Å². The molecule has 24 nitrogen and oxygen atoms in total. The van der Waals surface area contributed by atoms with E-state index in [0.717, 1.165) is 63.5 Å². The summed E-state index contributed by atoms with van der Waals surface area (Å²) in [6.07, 6.45) is 10.9. The summed E-state index contributed by atoms with van der Waals surface area (Å²) in [6, 6.07) is 2.23. The first-order chi connectivity index (χ1) is 43.2. The second-order valence-corrected chi connectivity index (χ2v) is 28.1. The predicted octanol–water partition coefficient (Wildman–Crippen LogP) is 11.0. The van der Waals surface area contributed by atoms with Crippen LogP contribution in [0.25, 0.3) is 0 Å². The van der Waals surface area contributed by atoms with Crippen LogP contribution in [0.4, 0.5) is 0 Å². The van der Waals surface area contributed by atoms with Crippen molar-refractivity contribution in [2.75, 3.05) is 139 Å². The van der Waals surface area contributed by atoms with Crippen LogP contribution in [0, 0.1) is 0 Å².